The topological polar surface area (TPSA) is 114 Å². The number of aliphatic carboxylic acids is 1. The van der Waals surface area contributed by atoms with Crippen LogP contribution in [0.2, 0.25) is 0 Å². The summed E-state index contributed by atoms with van der Waals surface area (Å²) in [4.78, 5) is 10.4. The van der Waals surface area contributed by atoms with Crippen LogP contribution in [0.4, 0.5) is 0 Å². The second-order valence-corrected chi connectivity index (χ2v) is 2.63. The first-order valence-corrected chi connectivity index (χ1v) is 3.55. The Morgan fingerprint density at radius 3 is 2.77 bits per heavy atom. The SMILES string of the molecule is Cn1cc(C(O)C(N)C(=O)O)nn1. The molecule has 7 nitrogen and oxygen atoms in total. The van der Waals surface area contributed by atoms with E-state index in [1.807, 2.05) is 0 Å². The summed E-state index contributed by atoms with van der Waals surface area (Å²) in [7, 11) is 1.61. The van der Waals surface area contributed by atoms with Crippen LogP contribution in [-0.2, 0) is 11.8 Å². The third-order valence-corrected chi connectivity index (χ3v) is 1.55. The summed E-state index contributed by atoms with van der Waals surface area (Å²) in [5.74, 6) is -1.28. The van der Waals surface area contributed by atoms with Crippen molar-refractivity contribution in [1.29, 1.82) is 0 Å². The molecule has 13 heavy (non-hydrogen) atoms. The molecule has 0 aliphatic rings. The van der Waals surface area contributed by atoms with Crippen molar-refractivity contribution in [2.75, 3.05) is 0 Å². The highest BCUT2D eigenvalue weighted by Crippen LogP contribution is 2.11. The maximum atomic E-state index is 10.4. The minimum atomic E-state index is -1.38. The van der Waals surface area contributed by atoms with Crippen molar-refractivity contribution in [3.63, 3.8) is 0 Å². The van der Waals surface area contributed by atoms with Crippen molar-refractivity contribution >= 4 is 5.97 Å². The van der Waals surface area contributed by atoms with Gasteiger partial charge in [-0.05, 0) is 0 Å². The van der Waals surface area contributed by atoms with Crippen molar-refractivity contribution in [3.05, 3.63) is 11.9 Å². The normalized spacial score (nSPS) is 15.3. The predicted octanol–water partition coefficient (Wildman–Crippen LogP) is -1.74. The molecule has 0 saturated carbocycles. The van der Waals surface area contributed by atoms with Gasteiger partial charge in [0.2, 0.25) is 0 Å². The van der Waals surface area contributed by atoms with Gasteiger partial charge in [0.05, 0.1) is 6.20 Å². The van der Waals surface area contributed by atoms with E-state index in [-0.39, 0.29) is 5.69 Å². The number of hydrogen-bond acceptors (Lipinski definition) is 5. The van der Waals surface area contributed by atoms with Crippen molar-refractivity contribution < 1.29 is 15.0 Å². The largest absolute Gasteiger partial charge is 0.480 e. The van der Waals surface area contributed by atoms with E-state index >= 15 is 0 Å². The molecule has 0 radical (unpaired) electrons. The molecule has 0 aliphatic heterocycles. The summed E-state index contributed by atoms with van der Waals surface area (Å²) in [6.07, 6.45) is 0.0826. The minimum absolute atomic E-state index is 0.150. The molecule has 0 aliphatic carbocycles. The van der Waals surface area contributed by atoms with E-state index in [1.54, 1.807) is 7.05 Å². The molecule has 1 aromatic heterocycles. The van der Waals surface area contributed by atoms with Gasteiger partial charge >= 0.3 is 5.97 Å². The summed E-state index contributed by atoms with van der Waals surface area (Å²) < 4.78 is 1.35. The van der Waals surface area contributed by atoms with Crippen molar-refractivity contribution in [1.82, 2.24) is 15.0 Å². The lowest BCUT2D eigenvalue weighted by atomic mass is 10.1. The average Bonchev–Trinajstić information content (AvgIpc) is 2.49. The van der Waals surface area contributed by atoms with Gasteiger partial charge in [0.1, 0.15) is 17.8 Å². The fraction of sp³-hybridized carbons (Fsp3) is 0.500. The van der Waals surface area contributed by atoms with Crippen LogP contribution in [-0.4, -0.2) is 37.2 Å². The fourth-order valence-corrected chi connectivity index (χ4v) is 0.820. The molecule has 7 heteroatoms. The zero-order valence-corrected chi connectivity index (χ0v) is 6.95. The van der Waals surface area contributed by atoms with E-state index in [1.165, 1.54) is 10.9 Å². The first-order chi connectivity index (χ1) is 6.02. The number of nitrogens with zero attached hydrogens (tertiary/aromatic N) is 3. The lowest BCUT2D eigenvalue weighted by molar-refractivity contribution is -0.141. The molecule has 0 amide bonds. The lowest BCUT2D eigenvalue weighted by Crippen LogP contribution is -2.36. The van der Waals surface area contributed by atoms with Gasteiger partial charge in [-0.25, -0.2) is 0 Å². The van der Waals surface area contributed by atoms with E-state index < -0.39 is 18.1 Å². The fourth-order valence-electron chi connectivity index (χ4n) is 0.820. The maximum absolute atomic E-state index is 10.4. The zero-order chi connectivity index (χ0) is 10.0. The van der Waals surface area contributed by atoms with Crippen LogP contribution in [0.15, 0.2) is 6.20 Å². The molecule has 1 heterocycles. The van der Waals surface area contributed by atoms with Gasteiger partial charge in [0, 0.05) is 7.05 Å². The van der Waals surface area contributed by atoms with E-state index in [0.29, 0.717) is 0 Å². The van der Waals surface area contributed by atoms with Crippen LogP contribution in [0.25, 0.3) is 0 Å². The number of aliphatic hydroxyl groups is 1. The van der Waals surface area contributed by atoms with Crippen LogP contribution in [0.5, 0.6) is 0 Å². The zero-order valence-electron chi connectivity index (χ0n) is 6.95. The molecule has 2 unspecified atom stereocenters. The van der Waals surface area contributed by atoms with Crippen molar-refractivity contribution in [2.24, 2.45) is 12.8 Å². The van der Waals surface area contributed by atoms with Crippen molar-refractivity contribution in [3.8, 4) is 0 Å². The van der Waals surface area contributed by atoms with Gasteiger partial charge in [-0.15, -0.1) is 5.10 Å². The molecule has 0 aromatic carbocycles. The van der Waals surface area contributed by atoms with Gasteiger partial charge in [-0.3, -0.25) is 9.48 Å². The smallest absolute Gasteiger partial charge is 0.323 e. The number of nitrogens with two attached hydrogens (primary N) is 1. The molecule has 2 atom stereocenters. The third kappa shape index (κ3) is 2.01. The lowest BCUT2D eigenvalue weighted by Gasteiger charge is -2.10. The summed E-state index contributed by atoms with van der Waals surface area (Å²) in [6, 6.07) is -1.38. The second kappa shape index (κ2) is 3.50. The number of rotatable bonds is 3. The quantitative estimate of drug-likeness (QED) is 0.516. The maximum Gasteiger partial charge on any atom is 0.323 e. The van der Waals surface area contributed by atoms with Crippen LogP contribution >= 0.6 is 0 Å². The first kappa shape index (κ1) is 9.62. The molecular weight excluding hydrogens is 176 g/mol. The number of carboxylic acids is 1. The highest BCUT2D eigenvalue weighted by Gasteiger charge is 2.25. The number of aromatic nitrogens is 3. The summed E-state index contributed by atoms with van der Waals surface area (Å²) >= 11 is 0. The Bertz CT molecular complexity index is 311. The first-order valence-electron chi connectivity index (χ1n) is 3.55. The Morgan fingerprint density at radius 2 is 2.38 bits per heavy atom. The number of carboxylic acid groups (broad SMARTS) is 1. The minimum Gasteiger partial charge on any atom is -0.480 e. The van der Waals surface area contributed by atoms with Gasteiger partial charge in [0.15, 0.2) is 0 Å². The van der Waals surface area contributed by atoms with Crippen LogP contribution in [0.3, 0.4) is 0 Å². The van der Waals surface area contributed by atoms with Crippen LogP contribution in [0.1, 0.15) is 11.8 Å². The highest BCUT2D eigenvalue weighted by atomic mass is 16.4. The van der Waals surface area contributed by atoms with Crippen LogP contribution in [0, 0.1) is 0 Å². The Morgan fingerprint density at radius 1 is 1.77 bits per heavy atom. The molecule has 0 fully saturated rings. The third-order valence-electron chi connectivity index (χ3n) is 1.55. The number of aryl methyl sites for hydroxylation is 1. The van der Waals surface area contributed by atoms with Crippen LogP contribution < -0.4 is 5.73 Å². The van der Waals surface area contributed by atoms with Gasteiger partial charge in [0.25, 0.3) is 0 Å². The highest BCUT2D eigenvalue weighted by molar-refractivity contribution is 5.74. The van der Waals surface area contributed by atoms with Gasteiger partial charge < -0.3 is 15.9 Å². The molecular formula is C6H10N4O3. The summed E-state index contributed by atoms with van der Waals surface area (Å²) in [5.41, 5.74) is 5.33. The number of aliphatic hydroxyl groups excluding tert-OH is 1. The summed E-state index contributed by atoms with van der Waals surface area (Å²) in [5, 5.41) is 24.9. The molecule has 0 saturated heterocycles. The Hall–Kier alpha value is -1.47. The van der Waals surface area contributed by atoms with E-state index in [2.05, 4.69) is 10.3 Å². The average molecular weight is 186 g/mol. The molecule has 0 spiro atoms. The Balaban J connectivity index is 2.78. The Kier molecular flexibility index (Phi) is 2.59. The monoisotopic (exact) mass is 186 g/mol. The van der Waals surface area contributed by atoms with E-state index in [9.17, 15) is 9.90 Å². The number of carbonyl (C=O) groups is 1. The molecule has 72 valence electrons. The summed E-state index contributed by atoms with van der Waals surface area (Å²) in [6.45, 7) is 0. The second-order valence-electron chi connectivity index (χ2n) is 2.63. The molecule has 1 rings (SSSR count). The van der Waals surface area contributed by atoms with Gasteiger partial charge in [-0.2, -0.15) is 0 Å². The van der Waals surface area contributed by atoms with E-state index in [0.717, 1.165) is 0 Å². The Labute approximate surface area is 73.8 Å². The van der Waals surface area contributed by atoms with Crippen molar-refractivity contribution in [2.45, 2.75) is 12.1 Å². The van der Waals surface area contributed by atoms with E-state index in [4.69, 9.17) is 10.8 Å². The molecule has 1 aromatic rings. The molecule has 0 bridgehead atoms. The molecule has 4 N–H and O–H groups in total. The van der Waals surface area contributed by atoms with Gasteiger partial charge in [-0.1, -0.05) is 5.21 Å². The standard InChI is InChI=1S/C6H10N4O3/c1-10-2-3(8-9-10)5(11)4(7)6(12)13/h2,4-5,11H,7H2,1H3,(H,12,13). The predicted molar refractivity (Wildman–Crippen MR) is 41.6 cm³/mol. The number of hydrogen-bond donors (Lipinski definition) is 3.